The first-order valence-corrected chi connectivity index (χ1v) is 5.82. The number of nitrogens with two attached hydrogens (primary N) is 2. The molecule has 1 amide bonds. The predicted molar refractivity (Wildman–Crippen MR) is 68.4 cm³/mol. The lowest BCUT2D eigenvalue weighted by atomic mass is 10.1. The molecule has 0 aliphatic rings. The minimum Gasteiger partial charge on any atom is -0.504 e. The normalized spacial score (nSPS) is 12.1. The highest BCUT2D eigenvalue weighted by atomic mass is 16.3. The lowest BCUT2D eigenvalue weighted by Crippen LogP contribution is -2.40. The van der Waals surface area contributed by atoms with Crippen LogP contribution in [0.25, 0.3) is 0 Å². The average Bonchev–Trinajstić information content (AvgIpc) is 2.37. The zero-order valence-corrected chi connectivity index (χ0v) is 10.1. The third-order valence-electron chi connectivity index (χ3n) is 2.64. The fraction of sp³-hybridized carbons (Fsp3) is 0.417. The maximum Gasteiger partial charge on any atom is 0.255 e. The van der Waals surface area contributed by atoms with E-state index in [9.17, 15) is 15.0 Å². The third-order valence-corrected chi connectivity index (χ3v) is 2.64. The molecule has 1 aromatic carbocycles. The molecule has 7 N–H and O–H groups in total. The fourth-order valence-corrected chi connectivity index (χ4v) is 1.59. The van der Waals surface area contributed by atoms with Crippen molar-refractivity contribution in [2.45, 2.75) is 18.9 Å². The van der Waals surface area contributed by atoms with E-state index in [1.807, 2.05) is 0 Å². The first-order chi connectivity index (χ1) is 8.60. The summed E-state index contributed by atoms with van der Waals surface area (Å²) in [4.78, 5) is 11.9. The predicted octanol–water partition coefficient (Wildman–Crippen LogP) is -0.106. The van der Waals surface area contributed by atoms with Crippen molar-refractivity contribution in [2.75, 3.05) is 13.1 Å². The molecule has 0 radical (unpaired) electrons. The van der Waals surface area contributed by atoms with Crippen LogP contribution in [0.15, 0.2) is 18.2 Å². The molecule has 0 aromatic heterocycles. The Balaban J connectivity index is 2.72. The van der Waals surface area contributed by atoms with Crippen LogP contribution in [0, 0.1) is 0 Å². The monoisotopic (exact) mass is 253 g/mol. The summed E-state index contributed by atoms with van der Waals surface area (Å²) in [6.07, 6.45) is 1.44. The Labute approximate surface area is 106 Å². The first-order valence-electron chi connectivity index (χ1n) is 5.82. The molecule has 0 saturated carbocycles. The van der Waals surface area contributed by atoms with Gasteiger partial charge in [-0.05, 0) is 31.5 Å². The van der Waals surface area contributed by atoms with Gasteiger partial charge in [0.1, 0.15) is 0 Å². The van der Waals surface area contributed by atoms with Crippen molar-refractivity contribution in [3.8, 4) is 11.5 Å². The molecule has 0 aliphatic carbocycles. The van der Waals surface area contributed by atoms with E-state index in [1.165, 1.54) is 18.2 Å². The van der Waals surface area contributed by atoms with Gasteiger partial charge in [-0.3, -0.25) is 4.79 Å². The first kappa shape index (κ1) is 14.3. The number of amides is 1. The highest BCUT2D eigenvalue weighted by molar-refractivity contribution is 5.97. The van der Waals surface area contributed by atoms with Crippen molar-refractivity contribution in [2.24, 2.45) is 11.5 Å². The highest BCUT2D eigenvalue weighted by Crippen LogP contribution is 2.27. The molecule has 1 rings (SSSR count). The van der Waals surface area contributed by atoms with E-state index in [0.717, 1.165) is 6.42 Å². The lowest BCUT2D eigenvalue weighted by Gasteiger charge is -2.17. The number of hydrogen-bond donors (Lipinski definition) is 5. The summed E-state index contributed by atoms with van der Waals surface area (Å²) in [5, 5.41) is 21.6. The molecular weight excluding hydrogens is 234 g/mol. The van der Waals surface area contributed by atoms with Crippen LogP contribution in [0.3, 0.4) is 0 Å². The van der Waals surface area contributed by atoms with Crippen LogP contribution < -0.4 is 16.8 Å². The van der Waals surface area contributed by atoms with E-state index in [4.69, 9.17) is 11.5 Å². The number of benzene rings is 1. The van der Waals surface area contributed by atoms with Crippen LogP contribution in [0.1, 0.15) is 23.2 Å². The van der Waals surface area contributed by atoms with Crippen molar-refractivity contribution in [1.82, 2.24) is 5.32 Å². The van der Waals surface area contributed by atoms with E-state index in [-0.39, 0.29) is 17.4 Å². The molecule has 0 heterocycles. The number of aromatic hydroxyl groups is 2. The van der Waals surface area contributed by atoms with Gasteiger partial charge in [0.15, 0.2) is 11.5 Å². The average molecular weight is 253 g/mol. The van der Waals surface area contributed by atoms with Crippen molar-refractivity contribution < 1.29 is 15.0 Å². The maximum absolute atomic E-state index is 11.9. The number of nitrogens with one attached hydrogen (secondary N) is 1. The van der Waals surface area contributed by atoms with Gasteiger partial charge in [0.25, 0.3) is 5.91 Å². The molecule has 6 nitrogen and oxygen atoms in total. The second-order valence-corrected chi connectivity index (χ2v) is 4.01. The van der Waals surface area contributed by atoms with Gasteiger partial charge < -0.3 is 27.0 Å². The summed E-state index contributed by atoms with van der Waals surface area (Å²) < 4.78 is 0. The molecule has 0 aliphatic heterocycles. The molecule has 100 valence electrons. The molecule has 0 unspecified atom stereocenters. The van der Waals surface area contributed by atoms with Gasteiger partial charge in [-0.25, -0.2) is 0 Å². The van der Waals surface area contributed by atoms with Crippen LogP contribution in [-0.4, -0.2) is 35.3 Å². The van der Waals surface area contributed by atoms with Gasteiger partial charge in [-0.2, -0.15) is 0 Å². The Kier molecular flexibility index (Phi) is 5.41. The topological polar surface area (TPSA) is 122 Å². The van der Waals surface area contributed by atoms with Gasteiger partial charge in [0.2, 0.25) is 0 Å². The Morgan fingerprint density at radius 1 is 1.33 bits per heavy atom. The molecule has 0 saturated heterocycles. The summed E-state index contributed by atoms with van der Waals surface area (Å²) in [5.41, 5.74) is 11.0. The minimum absolute atomic E-state index is 0.0289. The molecular formula is C12H19N3O3. The van der Waals surface area contributed by atoms with Gasteiger partial charge >= 0.3 is 0 Å². The number of para-hydroxylation sites is 1. The van der Waals surface area contributed by atoms with Gasteiger partial charge in [0.05, 0.1) is 5.56 Å². The van der Waals surface area contributed by atoms with Crippen LogP contribution in [-0.2, 0) is 0 Å². The molecule has 1 aromatic rings. The zero-order chi connectivity index (χ0) is 13.5. The van der Waals surface area contributed by atoms with E-state index < -0.39 is 11.7 Å². The van der Waals surface area contributed by atoms with E-state index in [0.29, 0.717) is 19.5 Å². The molecule has 0 fully saturated rings. The Morgan fingerprint density at radius 3 is 2.67 bits per heavy atom. The molecule has 18 heavy (non-hydrogen) atoms. The van der Waals surface area contributed by atoms with Gasteiger partial charge in [-0.15, -0.1) is 0 Å². The van der Waals surface area contributed by atoms with E-state index >= 15 is 0 Å². The minimum atomic E-state index is -0.462. The van der Waals surface area contributed by atoms with Gasteiger partial charge in [-0.1, -0.05) is 6.07 Å². The Bertz CT molecular complexity index is 410. The van der Waals surface area contributed by atoms with Crippen molar-refractivity contribution in [3.63, 3.8) is 0 Å². The quantitative estimate of drug-likeness (QED) is 0.453. The van der Waals surface area contributed by atoms with Crippen molar-refractivity contribution in [1.29, 1.82) is 0 Å². The maximum atomic E-state index is 11.9. The molecule has 6 heteroatoms. The number of rotatable bonds is 6. The second-order valence-electron chi connectivity index (χ2n) is 4.01. The summed E-state index contributed by atoms with van der Waals surface area (Å²) in [7, 11) is 0. The highest BCUT2D eigenvalue weighted by Gasteiger charge is 2.16. The molecule has 0 bridgehead atoms. The third kappa shape index (κ3) is 3.61. The second kappa shape index (κ2) is 6.83. The van der Waals surface area contributed by atoms with Crippen LogP contribution >= 0.6 is 0 Å². The largest absolute Gasteiger partial charge is 0.504 e. The number of hydrogen-bond acceptors (Lipinski definition) is 5. The summed E-state index contributed by atoms with van der Waals surface area (Å²) in [6.45, 7) is 0.828. The number of carbonyl (C=O) groups excluding carboxylic acids is 1. The standard InChI is InChI=1S/C12H19N3O3/c13-6-2-3-8(7-14)15-12(18)9-4-1-5-10(16)11(9)17/h1,4-5,8,16-17H,2-3,6-7,13-14H2,(H,15,18)/t8-/m0/s1. The Hall–Kier alpha value is -1.79. The number of phenolic OH excluding ortho intramolecular Hbond substituents is 2. The van der Waals surface area contributed by atoms with Crippen molar-refractivity contribution >= 4 is 5.91 Å². The SMILES string of the molecule is NCCC[C@@H](CN)NC(=O)c1cccc(O)c1O. The van der Waals surface area contributed by atoms with E-state index in [2.05, 4.69) is 5.32 Å². The smallest absolute Gasteiger partial charge is 0.255 e. The summed E-state index contributed by atoms with van der Waals surface area (Å²) >= 11 is 0. The van der Waals surface area contributed by atoms with Gasteiger partial charge in [0, 0.05) is 12.6 Å². The number of carbonyl (C=O) groups is 1. The van der Waals surface area contributed by atoms with Crippen LogP contribution in [0.2, 0.25) is 0 Å². The Morgan fingerprint density at radius 2 is 2.06 bits per heavy atom. The number of phenols is 2. The summed E-state index contributed by atoms with van der Waals surface area (Å²) in [5.74, 6) is -1.21. The lowest BCUT2D eigenvalue weighted by molar-refractivity contribution is 0.0932. The van der Waals surface area contributed by atoms with Crippen molar-refractivity contribution in [3.05, 3.63) is 23.8 Å². The van der Waals surface area contributed by atoms with E-state index in [1.54, 1.807) is 0 Å². The summed E-state index contributed by atoms with van der Waals surface area (Å²) in [6, 6.07) is 4.03. The molecule has 1 atom stereocenters. The fourth-order valence-electron chi connectivity index (χ4n) is 1.59. The molecule has 0 spiro atoms. The zero-order valence-electron chi connectivity index (χ0n) is 10.1. The van der Waals surface area contributed by atoms with Crippen LogP contribution in [0.4, 0.5) is 0 Å². The van der Waals surface area contributed by atoms with Crippen LogP contribution in [0.5, 0.6) is 11.5 Å².